The number of carbonyl (C=O) groups excluding carboxylic acids is 2. The summed E-state index contributed by atoms with van der Waals surface area (Å²) in [6.45, 7) is 3.34. The van der Waals surface area contributed by atoms with Gasteiger partial charge in [-0.3, -0.25) is 14.6 Å². The molecule has 3 aromatic rings. The SMILES string of the molecule is CCOC(=O)C1CCN(C(=O)c2cncc(-c3cc4ccccc4s3)c2)CC1. The van der Waals surface area contributed by atoms with Crippen molar-refractivity contribution in [3.63, 3.8) is 0 Å². The van der Waals surface area contributed by atoms with Crippen LogP contribution in [-0.4, -0.2) is 41.5 Å². The minimum atomic E-state index is -0.150. The number of nitrogens with zero attached hydrogens (tertiary/aromatic N) is 2. The Balaban J connectivity index is 1.48. The van der Waals surface area contributed by atoms with Crippen LogP contribution in [0.1, 0.15) is 30.1 Å². The summed E-state index contributed by atoms with van der Waals surface area (Å²) in [5, 5.41) is 1.19. The van der Waals surface area contributed by atoms with Crippen molar-refractivity contribution in [1.82, 2.24) is 9.88 Å². The minimum absolute atomic E-state index is 0.0298. The Labute approximate surface area is 168 Å². The van der Waals surface area contributed by atoms with E-state index in [1.54, 1.807) is 28.6 Å². The normalized spacial score (nSPS) is 15.0. The van der Waals surface area contributed by atoms with Crippen molar-refractivity contribution in [2.75, 3.05) is 19.7 Å². The molecule has 144 valence electrons. The van der Waals surface area contributed by atoms with Gasteiger partial charge < -0.3 is 9.64 Å². The van der Waals surface area contributed by atoms with Gasteiger partial charge in [-0.25, -0.2) is 0 Å². The Hall–Kier alpha value is -2.73. The third-order valence-corrected chi connectivity index (χ3v) is 6.26. The molecule has 0 saturated carbocycles. The van der Waals surface area contributed by atoms with E-state index in [0.29, 0.717) is 38.1 Å². The van der Waals surface area contributed by atoms with Gasteiger partial charge in [0.2, 0.25) is 0 Å². The second kappa shape index (κ2) is 8.10. The van der Waals surface area contributed by atoms with Crippen LogP contribution in [0.2, 0.25) is 0 Å². The number of rotatable bonds is 4. The van der Waals surface area contributed by atoms with Gasteiger partial charge in [-0.1, -0.05) is 18.2 Å². The number of thiophene rings is 1. The second-order valence-electron chi connectivity index (χ2n) is 6.93. The number of hydrogen-bond acceptors (Lipinski definition) is 5. The molecule has 1 saturated heterocycles. The lowest BCUT2D eigenvalue weighted by atomic mass is 9.96. The lowest BCUT2D eigenvalue weighted by Crippen LogP contribution is -2.40. The van der Waals surface area contributed by atoms with Crippen LogP contribution in [0.4, 0.5) is 0 Å². The summed E-state index contributed by atoms with van der Waals surface area (Å²) in [7, 11) is 0. The molecule has 0 aliphatic carbocycles. The van der Waals surface area contributed by atoms with Gasteiger partial charge in [-0.2, -0.15) is 0 Å². The third-order valence-electron chi connectivity index (χ3n) is 5.10. The molecule has 0 atom stereocenters. The average molecular weight is 394 g/mol. The van der Waals surface area contributed by atoms with Crippen molar-refractivity contribution in [1.29, 1.82) is 0 Å². The van der Waals surface area contributed by atoms with Crippen LogP contribution in [0.15, 0.2) is 48.8 Å². The predicted molar refractivity (Wildman–Crippen MR) is 110 cm³/mol. The zero-order valence-electron chi connectivity index (χ0n) is 15.8. The van der Waals surface area contributed by atoms with Gasteiger partial charge in [-0.05, 0) is 43.4 Å². The molecule has 1 fully saturated rings. The Kier molecular flexibility index (Phi) is 5.39. The summed E-state index contributed by atoms with van der Waals surface area (Å²) >= 11 is 1.70. The lowest BCUT2D eigenvalue weighted by molar-refractivity contribution is -0.149. The number of likely N-dealkylation sites (tertiary alicyclic amines) is 1. The Morgan fingerprint density at radius 1 is 1.18 bits per heavy atom. The molecule has 28 heavy (non-hydrogen) atoms. The molecule has 1 aliphatic rings. The standard InChI is InChI=1S/C22H22N2O3S/c1-2-27-22(26)15-7-9-24(10-8-15)21(25)18-11-17(13-23-14-18)20-12-16-5-3-4-6-19(16)28-20/h3-6,11-15H,2,7-10H2,1H3. The summed E-state index contributed by atoms with van der Waals surface area (Å²) in [5.74, 6) is -0.284. The summed E-state index contributed by atoms with van der Waals surface area (Å²) in [6.07, 6.45) is 4.72. The highest BCUT2D eigenvalue weighted by atomic mass is 32.1. The van der Waals surface area contributed by atoms with E-state index in [0.717, 1.165) is 10.4 Å². The van der Waals surface area contributed by atoms with Crippen molar-refractivity contribution in [3.8, 4) is 10.4 Å². The van der Waals surface area contributed by atoms with Crippen molar-refractivity contribution in [2.24, 2.45) is 5.92 Å². The Morgan fingerprint density at radius 2 is 1.96 bits per heavy atom. The minimum Gasteiger partial charge on any atom is -0.466 e. The maximum atomic E-state index is 12.9. The van der Waals surface area contributed by atoms with Crippen LogP contribution in [0.25, 0.3) is 20.5 Å². The predicted octanol–water partition coefficient (Wildman–Crippen LogP) is 4.38. The second-order valence-corrected chi connectivity index (χ2v) is 8.01. The van der Waals surface area contributed by atoms with Gasteiger partial charge in [-0.15, -0.1) is 11.3 Å². The molecule has 0 bridgehead atoms. The van der Waals surface area contributed by atoms with Crippen molar-refractivity contribution < 1.29 is 14.3 Å². The Morgan fingerprint density at radius 3 is 2.71 bits per heavy atom. The topological polar surface area (TPSA) is 59.5 Å². The fourth-order valence-corrected chi connectivity index (χ4v) is 4.62. The molecular formula is C22H22N2O3S. The van der Waals surface area contributed by atoms with E-state index in [1.807, 2.05) is 25.1 Å². The molecule has 0 radical (unpaired) electrons. The van der Waals surface area contributed by atoms with E-state index in [2.05, 4.69) is 23.2 Å². The monoisotopic (exact) mass is 394 g/mol. The first kappa shape index (κ1) is 18.6. The van der Waals surface area contributed by atoms with Gasteiger partial charge in [0.15, 0.2) is 0 Å². The van der Waals surface area contributed by atoms with E-state index < -0.39 is 0 Å². The fraction of sp³-hybridized carbons (Fsp3) is 0.318. The van der Waals surface area contributed by atoms with E-state index in [9.17, 15) is 9.59 Å². The number of esters is 1. The number of fused-ring (bicyclic) bond motifs is 1. The maximum absolute atomic E-state index is 12.9. The van der Waals surface area contributed by atoms with E-state index in [4.69, 9.17) is 4.74 Å². The van der Waals surface area contributed by atoms with Gasteiger partial charge in [0.05, 0.1) is 18.1 Å². The Bertz CT molecular complexity index is 973. The molecule has 4 rings (SSSR count). The summed E-state index contributed by atoms with van der Waals surface area (Å²) in [6, 6.07) is 12.3. The lowest BCUT2D eigenvalue weighted by Gasteiger charge is -2.30. The first-order valence-electron chi connectivity index (χ1n) is 9.55. The van der Waals surface area contributed by atoms with E-state index >= 15 is 0 Å². The molecule has 1 amide bonds. The molecule has 6 heteroatoms. The van der Waals surface area contributed by atoms with Crippen LogP contribution in [-0.2, 0) is 9.53 Å². The summed E-state index contributed by atoms with van der Waals surface area (Å²) in [5.41, 5.74) is 1.54. The van der Waals surface area contributed by atoms with Gasteiger partial charge in [0, 0.05) is 40.6 Å². The van der Waals surface area contributed by atoms with Crippen molar-refractivity contribution >= 4 is 33.3 Å². The highest BCUT2D eigenvalue weighted by Crippen LogP contribution is 2.33. The number of amides is 1. The number of piperidine rings is 1. The first-order valence-corrected chi connectivity index (χ1v) is 10.4. The largest absolute Gasteiger partial charge is 0.466 e. The number of benzene rings is 1. The van der Waals surface area contributed by atoms with Crippen molar-refractivity contribution in [2.45, 2.75) is 19.8 Å². The van der Waals surface area contributed by atoms with E-state index in [-0.39, 0.29) is 17.8 Å². The molecule has 0 spiro atoms. The van der Waals surface area contributed by atoms with Gasteiger partial charge in [0.25, 0.3) is 5.91 Å². The molecule has 1 aromatic carbocycles. The van der Waals surface area contributed by atoms with Crippen LogP contribution in [0.5, 0.6) is 0 Å². The first-order chi connectivity index (χ1) is 13.7. The van der Waals surface area contributed by atoms with Gasteiger partial charge in [0.1, 0.15) is 0 Å². The maximum Gasteiger partial charge on any atom is 0.309 e. The molecule has 0 unspecified atom stereocenters. The molecule has 1 aliphatic heterocycles. The van der Waals surface area contributed by atoms with Crippen LogP contribution >= 0.6 is 11.3 Å². The molecule has 0 N–H and O–H groups in total. The summed E-state index contributed by atoms with van der Waals surface area (Å²) < 4.78 is 6.32. The summed E-state index contributed by atoms with van der Waals surface area (Å²) in [4.78, 5) is 32.0. The van der Waals surface area contributed by atoms with Crippen LogP contribution < -0.4 is 0 Å². The molecule has 3 heterocycles. The number of pyridine rings is 1. The van der Waals surface area contributed by atoms with Crippen LogP contribution in [0.3, 0.4) is 0 Å². The average Bonchev–Trinajstić information content (AvgIpc) is 3.18. The van der Waals surface area contributed by atoms with Gasteiger partial charge >= 0.3 is 5.97 Å². The smallest absolute Gasteiger partial charge is 0.309 e. The van der Waals surface area contributed by atoms with Crippen LogP contribution in [0, 0.1) is 5.92 Å². The number of ether oxygens (including phenoxy) is 1. The van der Waals surface area contributed by atoms with E-state index in [1.165, 1.54) is 10.1 Å². The zero-order valence-corrected chi connectivity index (χ0v) is 16.6. The fourth-order valence-electron chi connectivity index (χ4n) is 3.58. The third kappa shape index (κ3) is 3.78. The molecule has 2 aromatic heterocycles. The highest BCUT2D eigenvalue weighted by molar-refractivity contribution is 7.22. The highest BCUT2D eigenvalue weighted by Gasteiger charge is 2.28. The van der Waals surface area contributed by atoms with Crippen molar-refractivity contribution in [3.05, 3.63) is 54.4 Å². The quantitative estimate of drug-likeness (QED) is 0.616. The zero-order chi connectivity index (χ0) is 19.5. The number of hydrogen-bond donors (Lipinski definition) is 0. The molecule has 5 nitrogen and oxygen atoms in total. The number of carbonyl (C=O) groups is 2. The molecular weight excluding hydrogens is 372 g/mol. The number of aromatic nitrogens is 1.